The predicted octanol–water partition coefficient (Wildman–Crippen LogP) is 1.62. The molecule has 1 aromatic heterocycles. The second-order valence-electron chi connectivity index (χ2n) is 4.55. The summed E-state index contributed by atoms with van der Waals surface area (Å²) in [6.45, 7) is 4.03. The third-order valence-corrected chi connectivity index (χ3v) is 3.06. The number of H-pyrrole nitrogens is 1. The Balaban J connectivity index is 1.94. The molecule has 18 heavy (non-hydrogen) atoms. The topological polar surface area (TPSA) is 90.3 Å². The number of nitrogens with one attached hydrogen (secondary N) is 1. The van der Waals surface area contributed by atoms with Gasteiger partial charge in [-0.3, -0.25) is 0 Å². The van der Waals surface area contributed by atoms with Crippen LogP contribution in [-0.2, 0) is 15.9 Å². The zero-order valence-corrected chi connectivity index (χ0v) is 10.8. The molecular weight excluding hydrogens is 262 g/mol. The van der Waals surface area contributed by atoms with E-state index in [0.717, 1.165) is 0 Å². The molecule has 2 atom stereocenters. The van der Waals surface area contributed by atoms with Gasteiger partial charge in [0.05, 0.1) is 12.0 Å². The van der Waals surface area contributed by atoms with Crippen molar-refractivity contribution >= 4 is 17.4 Å². The van der Waals surface area contributed by atoms with Crippen molar-refractivity contribution in [3.63, 3.8) is 0 Å². The number of aromatic amines is 1. The molecule has 7 nitrogen and oxygen atoms in total. The van der Waals surface area contributed by atoms with Crippen molar-refractivity contribution in [1.82, 2.24) is 9.97 Å². The Bertz CT molecular complexity index is 448. The Labute approximate surface area is 109 Å². The Morgan fingerprint density at radius 2 is 2.50 bits per heavy atom. The highest BCUT2D eigenvalue weighted by Crippen LogP contribution is 2.27. The van der Waals surface area contributed by atoms with Crippen molar-refractivity contribution in [3.8, 4) is 0 Å². The third-order valence-electron chi connectivity index (χ3n) is 2.63. The molecule has 0 saturated carbocycles. The minimum Gasteiger partial charge on any atom is -0.358 e. The maximum absolute atomic E-state index is 10.5. The molecule has 1 saturated heterocycles. The van der Waals surface area contributed by atoms with Gasteiger partial charge in [-0.1, -0.05) is 0 Å². The second kappa shape index (κ2) is 4.83. The van der Waals surface area contributed by atoms with Crippen molar-refractivity contribution in [2.24, 2.45) is 0 Å². The zero-order chi connectivity index (χ0) is 13.3. The van der Waals surface area contributed by atoms with Crippen molar-refractivity contribution in [2.75, 3.05) is 6.61 Å². The number of nitro groups is 1. The van der Waals surface area contributed by atoms with Crippen LogP contribution < -0.4 is 0 Å². The molecule has 2 heterocycles. The lowest BCUT2D eigenvalue weighted by Gasteiger charge is -2.18. The van der Waals surface area contributed by atoms with Gasteiger partial charge in [-0.25, -0.2) is 0 Å². The third kappa shape index (κ3) is 2.98. The smallest absolute Gasteiger partial charge is 0.358 e. The van der Waals surface area contributed by atoms with Gasteiger partial charge in [0.25, 0.3) is 0 Å². The van der Waals surface area contributed by atoms with Gasteiger partial charge in [-0.2, -0.15) is 0 Å². The highest BCUT2D eigenvalue weighted by Gasteiger charge is 2.37. The van der Waals surface area contributed by atoms with Gasteiger partial charge < -0.3 is 24.6 Å². The van der Waals surface area contributed by atoms with Crippen LogP contribution in [0.4, 0.5) is 5.82 Å². The molecule has 2 rings (SSSR count). The van der Waals surface area contributed by atoms with Gasteiger partial charge in [-0.15, -0.1) is 11.6 Å². The van der Waals surface area contributed by atoms with Crippen molar-refractivity contribution in [3.05, 3.63) is 22.1 Å². The van der Waals surface area contributed by atoms with Gasteiger partial charge in [0.15, 0.2) is 5.79 Å². The summed E-state index contributed by atoms with van der Waals surface area (Å²) >= 11 is 6.20. The van der Waals surface area contributed by atoms with E-state index < -0.39 is 10.7 Å². The molecule has 0 aliphatic carbocycles. The first-order chi connectivity index (χ1) is 8.37. The first kappa shape index (κ1) is 13.3. The van der Waals surface area contributed by atoms with Crippen LogP contribution in [0, 0.1) is 10.1 Å². The van der Waals surface area contributed by atoms with E-state index in [1.165, 1.54) is 6.20 Å². The molecule has 1 aliphatic heterocycles. The average molecular weight is 276 g/mol. The molecule has 2 unspecified atom stereocenters. The summed E-state index contributed by atoms with van der Waals surface area (Å²) in [5, 5.41) is 10.1. The summed E-state index contributed by atoms with van der Waals surface area (Å²) in [7, 11) is 0. The maximum Gasteiger partial charge on any atom is 0.381 e. The molecule has 0 spiro atoms. The normalized spacial score (nSPS) is 24.1. The quantitative estimate of drug-likeness (QED) is 0.512. The number of alkyl halides is 1. The fourth-order valence-corrected chi connectivity index (χ4v) is 2.03. The number of halogens is 1. The molecule has 0 radical (unpaired) electrons. The minimum atomic E-state index is -0.632. The summed E-state index contributed by atoms with van der Waals surface area (Å²) in [5.74, 6) is -0.375. The Kier molecular flexibility index (Phi) is 3.56. The molecule has 0 bridgehead atoms. The van der Waals surface area contributed by atoms with Gasteiger partial charge in [-0.05, 0) is 23.8 Å². The fourth-order valence-electron chi connectivity index (χ4n) is 1.76. The van der Waals surface area contributed by atoms with Crippen LogP contribution in [0.1, 0.15) is 19.7 Å². The Morgan fingerprint density at radius 1 is 1.78 bits per heavy atom. The largest absolute Gasteiger partial charge is 0.381 e. The van der Waals surface area contributed by atoms with E-state index in [1.54, 1.807) is 0 Å². The van der Waals surface area contributed by atoms with Crippen molar-refractivity contribution in [2.45, 2.75) is 37.5 Å². The first-order valence-electron chi connectivity index (χ1n) is 5.52. The molecule has 0 amide bonds. The highest BCUT2D eigenvalue weighted by atomic mass is 35.5. The lowest BCUT2D eigenvalue weighted by Crippen LogP contribution is -2.28. The van der Waals surface area contributed by atoms with Gasteiger partial charge in [0, 0.05) is 6.42 Å². The lowest BCUT2D eigenvalue weighted by molar-refractivity contribution is -0.389. The monoisotopic (exact) mass is 275 g/mol. The van der Waals surface area contributed by atoms with Crippen LogP contribution in [-0.4, -0.2) is 38.8 Å². The van der Waals surface area contributed by atoms with E-state index in [4.69, 9.17) is 21.1 Å². The summed E-state index contributed by atoms with van der Waals surface area (Å²) in [6, 6.07) is 0. The van der Waals surface area contributed by atoms with E-state index >= 15 is 0 Å². The number of aromatic nitrogens is 2. The molecular formula is C10H14ClN3O4. The molecule has 1 aromatic rings. The number of nitrogens with zero attached hydrogens (tertiary/aromatic N) is 2. The first-order valence-corrected chi connectivity index (χ1v) is 5.95. The molecule has 1 N–H and O–H groups in total. The van der Waals surface area contributed by atoms with Crippen LogP contribution >= 0.6 is 11.6 Å². The summed E-state index contributed by atoms with van der Waals surface area (Å²) in [6.07, 6.45) is 1.36. The van der Waals surface area contributed by atoms with E-state index in [1.807, 2.05) is 13.8 Å². The average Bonchev–Trinajstić information content (AvgIpc) is 2.84. The molecule has 1 fully saturated rings. The van der Waals surface area contributed by atoms with Gasteiger partial charge in [0.2, 0.25) is 5.82 Å². The fraction of sp³-hybridized carbons (Fsp3) is 0.700. The summed E-state index contributed by atoms with van der Waals surface area (Å²) in [5.41, 5.74) is 0. The van der Waals surface area contributed by atoms with Crippen LogP contribution in [0.5, 0.6) is 0 Å². The van der Waals surface area contributed by atoms with Gasteiger partial charge in [0.1, 0.15) is 12.3 Å². The number of imidazole rings is 1. The van der Waals surface area contributed by atoms with E-state index in [9.17, 15) is 10.1 Å². The zero-order valence-electron chi connectivity index (χ0n) is 10.1. The van der Waals surface area contributed by atoms with Crippen LogP contribution in [0.25, 0.3) is 0 Å². The second-order valence-corrected chi connectivity index (χ2v) is 5.11. The number of hydrogen-bond acceptors (Lipinski definition) is 5. The van der Waals surface area contributed by atoms with E-state index in [0.29, 0.717) is 18.9 Å². The van der Waals surface area contributed by atoms with Crippen molar-refractivity contribution in [1.29, 1.82) is 0 Å². The number of ether oxygens (including phenoxy) is 2. The number of rotatable bonds is 4. The Hall–Kier alpha value is -1.18. The van der Waals surface area contributed by atoms with E-state index in [-0.39, 0.29) is 17.3 Å². The van der Waals surface area contributed by atoms with E-state index in [2.05, 4.69) is 9.97 Å². The minimum absolute atomic E-state index is 0.210. The standard InChI is InChI=1S/C10H14ClN3O4/c1-10(2)17-5-7(18-10)6(11)3-8-12-4-9(13-8)14(15)16/h4,6-7H,3,5H2,1-2H3,(H,12,13). The molecule has 8 heteroatoms. The lowest BCUT2D eigenvalue weighted by atomic mass is 10.2. The molecule has 100 valence electrons. The van der Waals surface area contributed by atoms with Crippen LogP contribution in [0.2, 0.25) is 0 Å². The Morgan fingerprint density at radius 3 is 3.00 bits per heavy atom. The van der Waals surface area contributed by atoms with Gasteiger partial charge >= 0.3 is 5.82 Å². The summed E-state index contributed by atoms with van der Waals surface area (Å²) in [4.78, 5) is 16.5. The maximum atomic E-state index is 10.5. The highest BCUT2D eigenvalue weighted by molar-refractivity contribution is 6.21. The summed E-state index contributed by atoms with van der Waals surface area (Å²) < 4.78 is 11.0. The van der Waals surface area contributed by atoms with Crippen molar-refractivity contribution < 1.29 is 14.4 Å². The molecule has 0 aromatic carbocycles. The predicted molar refractivity (Wildman–Crippen MR) is 63.5 cm³/mol. The molecule has 1 aliphatic rings. The van der Waals surface area contributed by atoms with Crippen LogP contribution in [0.3, 0.4) is 0 Å². The van der Waals surface area contributed by atoms with Crippen LogP contribution in [0.15, 0.2) is 6.20 Å². The SMILES string of the molecule is CC1(C)OCC(C(Cl)Cc2nc([N+](=O)[O-])c[nH]2)O1. The number of hydrogen-bond donors (Lipinski definition) is 1.